The smallest absolute Gasteiger partial charge is 0.255 e. The van der Waals surface area contributed by atoms with Crippen molar-refractivity contribution < 1.29 is 18.7 Å². The van der Waals surface area contributed by atoms with Crippen LogP contribution in [0.15, 0.2) is 47.1 Å². The van der Waals surface area contributed by atoms with Crippen LogP contribution in [0.5, 0.6) is 0 Å². The highest BCUT2D eigenvalue weighted by Gasteiger charge is 2.31. The van der Waals surface area contributed by atoms with Crippen LogP contribution in [0, 0.1) is 6.92 Å². The fraction of sp³-hybridized carbons (Fsp3) is 0.368. The number of furan rings is 1. The van der Waals surface area contributed by atoms with E-state index in [4.69, 9.17) is 9.15 Å². The molecule has 1 aliphatic heterocycles. The number of amides is 2. The van der Waals surface area contributed by atoms with Gasteiger partial charge >= 0.3 is 0 Å². The van der Waals surface area contributed by atoms with E-state index in [-0.39, 0.29) is 30.5 Å². The van der Waals surface area contributed by atoms with Gasteiger partial charge in [-0.2, -0.15) is 0 Å². The first kappa shape index (κ1) is 17.2. The Morgan fingerprint density at radius 1 is 1.24 bits per heavy atom. The second-order valence-corrected chi connectivity index (χ2v) is 6.19. The van der Waals surface area contributed by atoms with Crippen LogP contribution in [0.1, 0.15) is 34.6 Å². The SMILES string of the molecule is Cc1occc1C(=O)NCC(=O)N1C[C@H](C)OC[C@@H]1c1ccccc1. The third-order valence-electron chi connectivity index (χ3n) is 4.38. The molecule has 0 bridgehead atoms. The number of aryl methyl sites for hydroxylation is 1. The number of benzene rings is 1. The quantitative estimate of drug-likeness (QED) is 0.925. The normalized spacial score (nSPS) is 20.3. The van der Waals surface area contributed by atoms with E-state index in [9.17, 15) is 9.59 Å². The molecule has 0 radical (unpaired) electrons. The lowest BCUT2D eigenvalue weighted by Gasteiger charge is -2.39. The molecule has 2 heterocycles. The maximum Gasteiger partial charge on any atom is 0.255 e. The molecule has 1 fully saturated rings. The molecule has 1 aromatic heterocycles. The molecule has 2 amide bonds. The molecular formula is C19H22N2O4. The van der Waals surface area contributed by atoms with Crippen molar-refractivity contribution in [2.75, 3.05) is 19.7 Å². The molecule has 0 aliphatic carbocycles. The Bertz CT molecular complexity index is 741. The molecule has 6 heteroatoms. The van der Waals surface area contributed by atoms with Gasteiger partial charge in [0.15, 0.2) is 0 Å². The number of hydrogen-bond donors (Lipinski definition) is 1. The molecule has 1 N–H and O–H groups in total. The molecule has 0 saturated carbocycles. The fourth-order valence-electron chi connectivity index (χ4n) is 3.00. The number of morpholine rings is 1. The van der Waals surface area contributed by atoms with E-state index in [0.717, 1.165) is 5.56 Å². The summed E-state index contributed by atoms with van der Waals surface area (Å²) in [6.07, 6.45) is 1.43. The number of carbonyl (C=O) groups excluding carboxylic acids is 2. The Labute approximate surface area is 146 Å². The predicted octanol–water partition coefficient (Wildman–Crippen LogP) is 2.31. The van der Waals surface area contributed by atoms with Crippen molar-refractivity contribution in [1.82, 2.24) is 10.2 Å². The lowest BCUT2D eigenvalue weighted by atomic mass is 10.0. The predicted molar refractivity (Wildman–Crippen MR) is 92.1 cm³/mol. The largest absolute Gasteiger partial charge is 0.469 e. The number of carbonyl (C=O) groups is 2. The topological polar surface area (TPSA) is 71.8 Å². The van der Waals surface area contributed by atoms with Gasteiger partial charge in [0, 0.05) is 6.54 Å². The zero-order valence-corrected chi connectivity index (χ0v) is 14.4. The van der Waals surface area contributed by atoms with Gasteiger partial charge in [-0.3, -0.25) is 9.59 Å². The Kier molecular flexibility index (Phi) is 5.19. The van der Waals surface area contributed by atoms with E-state index in [2.05, 4.69) is 5.32 Å². The highest BCUT2D eigenvalue weighted by atomic mass is 16.5. The van der Waals surface area contributed by atoms with Gasteiger partial charge in [-0.05, 0) is 25.5 Å². The summed E-state index contributed by atoms with van der Waals surface area (Å²) in [4.78, 5) is 26.7. The van der Waals surface area contributed by atoms with Gasteiger partial charge in [0.25, 0.3) is 5.91 Å². The van der Waals surface area contributed by atoms with Crippen LogP contribution < -0.4 is 5.32 Å². The summed E-state index contributed by atoms with van der Waals surface area (Å²) in [6.45, 7) is 4.55. The molecule has 6 nitrogen and oxygen atoms in total. The van der Waals surface area contributed by atoms with Crippen molar-refractivity contribution in [3.63, 3.8) is 0 Å². The number of ether oxygens (including phenoxy) is 1. The number of nitrogens with zero attached hydrogens (tertiary/aromatic N) is 1. The van der Waals surface area contributed by atoms with Crippen molar-refractivity contribution >= 4 is 11.8 Å². The third-order valence-corrected chi connectivity index (χ3v) is 4.38. The van der Waals surface area contributed by atoms with Gasteiger partial charge < -0.3 is 19.4 Å². The third kappa shape index (κ3) is 3.91. The highest BCUT2D eigenvalue weighted by molar-refractivity contribution is 5.97. The highest BCUT2D eigenvalue weighted by Crippen LogP contribution is 2.26. The summed E-state index contributed by atoms with van der Waals surface area (Å²) in [6, 6.07) is 11.3. The van der Waals surface area contributed by atoms with E-state index >= 15 is 0 Å². The summed E-state index contributed by atoms with van der Waals surface area (Å²) in [5.74, 6) is 0.0998. The Balaban J connectivity index is 1.67. The van der Waals surface area contributed by atoms with E-state index in [1.54, 1.807) is 17.9 Å². The van der Waals surface area contributed by atoms with Gasteiger partial charge in [0.05, 0.1) is 37.1 Å². The molecule has 1 saturated heterocycles. The standard InChI is InChI=1S/C19H22N2O4/c1-13-11-21(17(12-25-13)15-6-4-3-5-7-15)18(22)10-20-19(23)16-8-9-24-14(16)2/h3-9,13,17H,10-12H2,1-2H3,(H,20,23)/t13-,17+/m0/s1. The summed E-state index contributed by atoms with van der Waals surface area (Å²) in [5, 5.41) is 2.68. The molecule has 0 spiro atoms. The van der Waals surface area contributed by atoms with Crippen LogP contribution in [0.4, 0.5) is 0 Å². The minimum absolute atomic E-state index is 0.0317. The zero-order chi connectivity index (χ0) is 17.8. The van der Waals surface area contributed by atoms with Crippen LogP contribution in [0.2, 0.25) is 0 Å². The van der Waals surface area contributed by atoms with Crippen LogP contribution in [0.3, 0.4) is 0 Å². The average molecular weight is 342 g/mol. The maximum atomic E-state index is 12.7. The number of rotatable bonds is 4. The summed E-state index contributed by atoms with van der Waals surface area (Å²) in [5.41, 5.74) is 1.47. The molecule has 132 valence electrons. The minimum Gasteiger partial charge on any atom is -0.469 e. The molecule has 1 aliphatic rings. The van der Waals surface area contributed by atoms with E-state index in [1.165, 1.54) is 6.26 Å². The van der Waals surface area contributed by atoms with Crippen molar-refractivity contribution in [3.05, 3.63) is 59.5 Å². The van der Waals surface area contributed by atoms with Crippen LogP contribution >= 0.6 is 0 Å². The first-order valence-corrected chi connectivity index (χ1v) is 8.34. The first-order chi connectivity index (χ1) is 12.1. The minimum atomic E-state index is -0.308. The zero-order valence-electron chi connectivity index (χ0n) is 14.4. The van der Waals surface area contributed by atoms with E-state index < -0.39 is 0 Å². The summed E-state index contributed by atoms with van der Waals surface area (Å²) >= 11 is 0. The number of nitrogens with one attached hydrogen (secondary N) is 1. The van der Waals surface area contributed by atoms with Crippen LogP contribution in [-0.4, -0.2) is 42.5 Å². The van der Waals surface area contributed by atoms with Gasteiger partial charge in [-0.25, -0.2) is 0 Å². The van der Waals surface area contributed by atoms with Crippen molar-refractivity contribution in [3.8, 4) is 0 Å². The molecule has 25 heavy (non-hydrogen) atoms. The lowest BCUT2D eigenvalue weighted by Crippen LogP contribution is -2.50. The van der Waals surface area contributed by atoms with Gasteiger partial charge in [-0.15, -0.1) is 0 Å². The molecule has 2 atom stereocenters. The number of hydrogen-bond acceptors (Lipinski definition) is 4. The lowest BCUT2D eigenvalue weighted by molar-refractivity contribution is -0.143. The van der Waals surface area contributed by atoms with Crippen LogP contribution in [-0.2, 0) is 9.53 Å². The molecule has 3 rings (SSSR count). The maximum absolute atomic E-state index is 12.7. The molecule has 0 unspecified atom stereocenters. The molecular weight excluding hydrogens is 320 g/mol. The monoisotopic (exact) mass is 342 g/mol. The first-order valence-electron chi connectivity index (χ1n) is 8.34. The molecule has 2 aromatic rings. The van der Waals surface area contributed by atoms with Crippen molar-refractivity contribution in [1.29, 1.82) is 0 Å². The van der Waals surface area contributed by atoms with E-state index in [0.29, 0.717) is 24.5 Å². The van der Waals surface area contributed by atoms with Gasteiger partial charge in [0.2, 0.25) is 5.91 Å². The second-order valence-electron chi connectivity index (χ2n) is 6.19. The fourth-order valence-corrected chi connectivity index (χ4v) is 3.00. The summed E-state index contributed by atoms with van der Waals surface area (Å²) in [7, 11) is 0. The Hall–Kier alpha value is -2.60. The van der Waals surface area contributed by atoms with Crippen LogP contribution in [0.25, 0.3) is 0 Å². The Morgan fingerprint density at radius 2 is 2.00 bits per heavy atom. The van der Waals surface area contributed by atoms with Gasteiger partial charge in [-0.1, -0.05) is 30.3 Å². The van der Waals surface area contributed by atoms with E-state index in [1.807, 2.05) is 37.3 Å². The summed E-state index contributed by atoms with van der Waals surface area (Å²) < 4.78 is 10.9. The van der Waals surface area contributed by atoms with Crippen molar-refractivity contribution in [2.24, 2.45) is 0 Å². The average Bonchev–Trinajstić information content (AvgIpc) is 3.06. The van der Waals surface area contributed by atoms with Gasteiger partial charge in [0.1, 0.15) is 5.76 Å². The second kappa shape index (κ2) is 7.53. The Morgan fingerprint density at radius 3 is 2.68 bits per heavy atom. The molecule has 1 aromatic carbocycles. The van der Waals surface area contributed by atoms with Crippen molar-refractivity contribution in [2.45, 2.75) is 26.0 Å².